The number of alkyl halides is 3. The van der Waals surface area contributed by atoms with Gasteiger partial charge in [0.1, 0.15) is 0 Å². The lowest BCUT2D eigenvalue weighted by Crippen LogP contribution is -2.43. The first-order valence-electron chi connectivity index (χ1n) is 4.92. The standard InChI is InChI=1S/C9H17F3N2/c1-7-5-14(6-9(10,11)12)8(2)3-4-13-7/h7-8,13H,3-6H2,1-2H3. The molecule has 0 radical (unpaired) electrons. The first-order chi connectivity index (χ1) is 6.38. The molecular weight excluding hydrogens is 193 g/mol. The summed E-state index contributed by atoms with van der Waals surface area (Å²) in [6.07, 6.45) is -3.31. The summed E-state index contributed by atoms with van der Waals surface area (Å²) in [6, 6.07) is 0.149. The number of rotatable bonds is 1. The topological polar surface area (TPSA) is 15.3 Å². The highest BCUT2D eigenvalue weighted by molar-refractivity contribution is 4.79. The molecule has 1 fully saturated rings. The molecule has 0 amide bonds. The van der Waals surface area contributed by atoms with Crippen LogP contribution in [0.25, 0.3) is 0 Å². The molecule has 0 bridgehead atoms. The van der Waals surface area contributed by atoms with E-state index in [0.717, 1.165) is 13.0 Å². The van der Waals surface area contributed by atoms with E-state index in [2.05, 4.69) is 5.32 Å². The van der Waals surface area contributed by atoms with E-state index < -0.39 is 12.7 Å². The van der Waals surface area contributed by atoms with Gasteiger partial charge in [-0.3, -0.25) is 4.90 Å². The minimum atomic E-state index is -4.08. The number of hydrogen-bond donors (Lipinski definition) is 1. The van der Waals surface area contributed by atoms with E-state index in [1.165, 1.54) is 4.90 Å². The molecule has 0 aromatic carbocycles. The Labute approximate surface area is 82.5 Å². The molecule has 0 aliphatic carbocycles. The quantitative estimate of drug-likeness (QED) is 0.707. The lowest BCUT2D eigenvalue weighted by Gasteiger charge is -2.28. The summed E-state index contributed by atoms with van der Waals surface area (Å²) in [5.74, 6) is 0. The third kappa shape index (κ3) is 3.84. The van der Waals surface area contributed by atoms with Crippen LogP contribution in [0.4, 0.5) is 13.2 Å². The third-order valence-electron chi connectivity index (χ3n) is 2.57. The molecule has 5 heteroatoms. The minimum absolute atomic E-state index is 0.00840. The highest BCUT2D eigenvalue weighted by Gasteiger charge is 2.33. The lowest BCUT2D eigenvalue weighted by molar-refractivity contribution is -0.150. The van der Waals surface area contributed by atoms with E-state index in [1.54, 1.807) is 0 Å². The highest BCUT2D eigenvalue weighted by Crippen LogP contribution is 2.20. The van der Waals surface area contributed by atoms with Gasteiger partial charge < -0.3 is 5.32 Å². The SMILES string of the molecule is CC1CN(CC(F)(F)F)C(C)CCN1. The fourth-order valence-corrected chi connectivity index (χ4v) is 1.77. The Morgan fingerprint density at radius 3 is 2.57 bits per heavy atom. The van der Waals surface area contributed by atoms with Gasteiger partial charge in [-0.1, -0.05) is 0 Å². The van der Waals surface area contributed by atoms with E-state index in [9.17, 15) is 13.2 Å². The van der Waals surface area contributed by atoms with Crippen LogP contribution >= 0.6 is 0 Å². The molecule has 2 atom stereocenters. The Bertz CT molecular complexity index is 181. The van der Waals surface area contributed by atoms with Crippen molar-refractivity contribution >= 4 is 0 Å². The van der Waals surface area contributed by atoms with E-state index in [-0.39, 0.29) is 12.1 Å². The summed E-state index contributed by atoms with van der Waals surface area (Å²) in [5, 5.41) is 3.18. The zero-order chi connectivity index (χ0) is 10.8. The van der Waals surface area contributed by atoms with Crippen molar-refractivity contribution in [3.8, 4) is 0 Å². The Balaban J connectivity index is 2.54. The summed E-state index contributed by atoms with van der Waals surface area (Å²) in [7, 11) is 0. The third-order valence-corrected chi connectivity index (χ3v) is 2.57. The highest BCUT2D eigenvalue weighted by atomic mass is 19.4. The maximum Gasteiger partial charge on any atom is 0.401 e. The predicted molar refractivity (Wildman–Crippen MR) is 49.2 cm³/mol. The Morgan fingerprint density at radius 2 is 2.00 bits per heavy atom. The molecule has 1 aliphatic rings. The summed E-state index contributed by atoms with van der Waals surface area (Å²) in [6.45, 7) is 4.25. The molecule has 2 unspecified atom stereocenters. The zero-order valence-electron chi connectivity index (χ0n) is 8.56. The van der Waals surface area contributed by atoms with Gasteiger partial charge in [0.2, 0.25) is 0 Å². The summed E-state index contributed by atoms with van der Waals surface area (Å²) in [4.78, 5) is 1.50. The van der Waals surface area contributed by atoms with Crippen LogP contribution in [0.2, 0.25) is 0 Å². The fourth-order valence-electron chi connectivity index (χ4n) is 1.77. The molecule has 1 rings (SSSR count). The van der Waals surface area contributed by atoms with Crippen molar-refractivity contribution in [2.75, 3.05) is 19.6 Å². The van der Waals surface area contributed by atoms with E-state index in [0.29, 0.717) is 6.54 Å². The predicted octanol–water partition coefficient (Wildman–Crippen LogP) is 1.62. The molecule has 0 aromatic rings. The lowest BCUT2D eigenvalue weighted by atomic mass is 10.2. The second-order valence-corrected chi connectivity index (χ2v) is 4.04. The Morgan fingerprint density at radius 1 is 1.36 bits per heavy atom. The molecule has 1 heterocycles. The van der Waals surface area contributed by atoms with E-state index in [1.807, 2.05) is 13.8 Å². The molecule has 1 saturated heterocycles. The number of nitrogens with zero attached hydrogens (tertiary/aromatic N) is 1. The molecule has 0 aromatic heterocycles. The summed E-state index contributed by atoms with van der Waals surface area (Å²) >= 11 is 0. The first-order valence-corrected chi connectivity index (χ1v) is 4.92. The molecule has 1 aliphatic heterocycles. The molecule has 84 valence electrons. The normalized spacial score (nSPS) is 31.5. The van der Waals surface area contributed by atoms with Gasteiger partial charge in [-0.2, -0.15) is 13.2 Å². The minimum Gasteiger partial charge on any atom is -0.313 e. The van der Waals surface area contributed by atoms with Crippen molar-refractivity contribution in [1.29, 1.82) is 0 Å². The van der Waals surface area contributed by atoms with E-state index >= 15 is 0 Å². The molecular formula is C9H17F3N2. The number of nitrogens with one attached hydrogen (secondary N) is 1. The van der Waals surface area contributed by atoms with Crippen molar-refractivity contribution in [1.82, 2.24) is 10.2 Å². The maximum absolute atomic E-state index is 12.2. The van der Waals surface area contributed by atoms with Crippen molar-refractivity contribution < 1.29 is 13.2 Å². The van der Waals surface area contributed by atoms with E-state index in [4.69, 9.17) is 0 Å². The van der Waals surface area contributed by atoms with Gasteiger partial charge >= 0.3 is 6.18 Å². The number of halogens is 3. The van der Waals surface area contributed by atoms with Gasteiger partial charge in [-0.15, -0.1) is 0 Å². The van der Waals surface area contributed by atoms with Gasteiger partial charge in [0, 0.05) is 18.6 Å². The van der Waals surface area contributed by atoms with Crippen molar-refractivity contribution in [3.05, 3.63) is 0 Å². The number of hydrogen-bond acceptors (Lipinski definition) is 2. The van der Waals surface area contributed by atoms with Crippen molar-refractivity contribution in [2.45, 2.75) is 38.5 Å². The van der Waals surface area contributed by atoms with Crippen LogP contribution in [0.1, 0.15) is 20.3 Å². The van der Waals surface area contributed by atoms with Crippen LogP contribution in [-0.2, 0) is 0 Å². The van der Waals surface area contributed by atoms with Gasteiger partial charge in [-0.05, 0) is 26.8 Å². The van der Waals surface area contributed by atoms with Gasteiger partial charge in [0.15, 0.2) is 0 Å². The average molecular weight is 210 g/mol. The van der Waals surface area contributed by atoms with Gasteiger partial charge in [0.05, 0.1) is 6.54 Å². The Hall–Kier alpha value is -0.290. The van der Waals surface area contributed by atoms with Crippen LogP contribution in [0.3, 0.4) is 0 Å². The van der Waals surface area contributed by atoms with Gasteiger partial charge in [0.25, 0.3) is 0 Å². The fraction of sp³-hybridized carbons (Fsp3) is 1.00. The van der Waals surface area contributed by atoms with Crippen LogP contribution in [0, 0.1) is 0 Å². The molecule has 2 nitrogen and oxygen atoms in total. The van der Waals surface area contributed by atoms with Crippen molar-refractivity contribution in [3.63, 3.8) is 0 Å². The first kappa shape index (κ1) is 11.8. The monoisotopic (exact) mass is 210 g/mol. The molecule has 14 heavy (non-hydrogen) atoms. The van der Waals surface area contributed by atoms with Crippen molar-refractivity contribution in [2.24, 2.45) is 0 Å². The Kier molecular flexibility index (Phi) is 3.78. The summed E-state index contributed by atoms with van der Waals surface area (Å²) in [5.41, 5.74) is 0. The largest absolute Gasteiger partial charge is 0.401 e. The molecule has 0 spiro atoms. The smallest absolute Gasteiger partial charge is 0.313 e. The average Bonchev–Trinajstić information content (AvgIpc) is 2.11. The van der Waals surface area contributed by atoms with Crippen LogP contribution < -0.4 is 5.32 Å². The van der Waals surface area contributed by atoms with Crippen LogP contribution in [-0.4, -0.2) is 42.8 Å². The summed E-state index contributed by atoms with van der Waals surface area (Å²) < 4.78 is 36.6. The zero-order valence-corrected chi connectivity index (χ0v) is 8.56. The molecule has 0 saturated carbocycles. The van der Waals surface area contributed by atoms with Crippen LogP contribution in [0.5, 0.6) is 0 Å². The maximum atomic E-state index is 12.2. The second-order valence-electron chi connectivity index (χ2n) is 4.04. The molecule has 1 N–H and O–H groups in total. The second kappa shape index (κ2) is 4.49. The van der Waals surface area contributed by atoms with Gasteiger partial charge in [-0.25, -0.2) is 0 Å². The van der Waals surface area contributed by atoms with Crippen LogP contribution in [0.15, 0.2) is 0 Å².